The van der Waals surface area contributed by atoms with Crippen LogP contribution in [0.2, 0.25) is 0 Å². The van der Waals surface area contributed by atoms with Gasteiger partial charge in [0.05, 0.1) is 30.0 Å². The Hall–Kier alpha value is -3.67. The zero-order valence-corrected chi connectivity index (χ0v) is 22.3. The SMILES string of the molecule is Cc1cc(C(=O)N2CCN(CC(OCc3ccc(C#N)cc3)c3cccc(N4CCCC4)c3)CC2)n(C)n1. The van der Waals surface area contributed by atoms with Crippen LogP contribution in [0, 0.1) is 18.3 Å². The lowest BCUT2D eigenvalue weighted by Crippen LogP contribution is -2.50. The topological polar surface area (TPSA) is 77.6 Å². The summed E-state index contributed by atoms with van der Waals surface area (Å²) in [6.45, 7) is 8.30. The van der Waals surface area contributed by atoms with Gasteiger partial charge in [-0.05, 0) is 61.2 Å². The first kappa shape index (κ1) is 26.0. The Morgan fingerprint density at radius 3 is 2.42 bits per heavy atom. The minimum atomic E-state index is -0.102. The van der Waals surface area contributed by atoms with Gasteiger partial charge in [-0.2, -0.15) is 10.4 Å². The second kappa shape index (κ2) is 11.8. The zero-order chi connectivity index (χ0) is 26.5. The maximum atomic E-state index is 13.0. The standard InChI is InChI=1S/C30H36N6O2/c1-23-18-28(33(2)32-23)30(37)36-16-14-34(15-17-36)21-29(38-22-25-10-8-24(20-31)9-11-25)26-6-5-7-27(19-26)35-12-3-4-13-35/h5-11,18-19,29H,3-4,12-17,21-22H2,1-2H3. The van der Waals surface area contributed by atoms with E-state index in [1.165, 1.54) is 24.1 Å². The van der Waals surface area contributed by atoms with E-state index in [1.807, 2.05) is 49.2 Å². The van der Waals surface area contributed by atoms with Crippen LogP contribution in [0.3, 0.4) is 0 Å². The molecular formula is C30H36N6O2. The smallest absolute Gasteiger partial charge is 0.272 e. The first-order valence-corrected chi connectivity index (χ1v) is 13.5. The van der Waals surface area contributed by atoms with E-state index in [0.29, 0.717) is 31.0 Å². The molecular weight excluding hydrogens is 476 g/mol. The number of anilines is 1. The van der Waals surface area contributed by atoms with Gasteiger partial charge in [0.1, 0.15) is 5.69 Å². The maximum absolute atomic E-state index is 13.0. The maximum Gasteiger partial charge on any atom is 0.272 e. The van der Waals surface area contributed by atoms with Crippen LogP contribution in [-0.4, -0.2) is 71.3 Å². The molecule has 0 aliphatic carbocycles. The number of piperazine rings is 1. The normalized spacial score (nSPS) is 17.0. The molecule has 0 spiro atoms. The van der Waals surface area contributed by atoms with Crippen LogP contribution in [0.4, 0.5) is 5.69 Å². The molecule has 5 rings (SSSR count). The number of hydrogen-bond donors (Lipinski definition) is 0. The molecule has 1 amide bonds. The monoisotopic (exact) mass is 512 g/mol. The average Bonchev–Trinajstić information content (AvgIpc) is 3.61. The fourth-order valence-corrected chi connectivity index (χ4v) is 5.36. The van der Waals surface area contributed by atoms with Gasteiger partial charge in [-0.25, -0.2) is 0 Å². The molecule has 2 aliphatic rings. The number of ether oxygens (including phenoxy) is 1. The van der Waals surface area contributed by atoms with E-state index < -0.39 is 0 Å². The van der Waals surface area contributed by atoms with Crippen LogP contribution < -0.4 is 4.90 Å². The van der Waals surface area contributed by atoms with Crippen molar-refractivity contribution in [3.63, 3.8) is 0 Å². The minimum absolute atomic E-state index is 0.0414. The Morgan fingerprint density at radius 2 is 1.76 bits per heavy atom. The van der Waals surface area contributed by atoms with Crippen molar-refractivity contribution in [1.29, 1.82) is 5.26 Å². The zero-order valence-electron chi connectivity index (χ0n) is 22.3. The van der Waals surface area contributed by atoms with E-state index in [1.54, 1.807) is 4.68 Å². The van der Waals surface area contributed by atoms with E-state index >= 15 is 0 Å². The third kappa shape index (κ3) is 6.07. The molecule has 3 aromatic rings. The molecule has 8 nitrogen and oxygen atoms in total. The molecule has 2 fully saturated rings. The molecule has 0 bridgehead atoms. The van der Waals surface area contributed by atoms with Gasteiger partial charge in [0.25, 0.3) is 5.91 Å². The number of nitrogens with zero attached hydrogens (tertiary/aromatic N) is 6. The summed E-state index contributed by atoms with van der Waals surface area (Å²) in [6.07, 6.45) is 2.38. The molecule has 1 atom stereocenters. The minimum Gasteiger partial charge on any atom is -0.372 e. The number of aryl methyl sites for hydroxylation is 2. The molecule has 1 unspecified atom stereocenters. The van der Waals surface area contributed by atoms with Crippen molar-refractivity contribution >= 4 is 11.6 Å². The van der Waals surface area contributed by atoms with Crippen molar-refractivity contribution in [2.45, 2.75) is 32.5 Å². The third-order valence-electron chi connectivity index (χ3n) is 7.55. The van der Waals surface area contributed by atoms with Crippen molar-refractivity contribution in [2.75, 3.05) is 50.7 Å². The fourth-order valence-electron chi connectivity index (χ4n) is 5.36. The van der Waals surface area contributed by atoms with Crippen molar-refractivity contribution in [3.05, 3.63) is 82.7 Å². The first-order valence-electron chi connectivity index (χ1n) is 13.5. The molecule has 0 N–H and O–H groups in total. The number of rotatable bonds is 8. The van der Waals surface area contributed by atoms with Gasteiger partial charge < -0.3 is 14.5 Å². The predicted molar refractivity (Wildman–Crippen MR) is 147 cm³/mol. The molecule has 2 saturated heterocycles. The highest BCUT2D eigenvalue weighted by Gasteiger charge is 2.27. The summed E-state index contributed by atoms with van der Waals surface area (Å²) in [5, 5.41) is 13.4. The van der Waals surface area contributed by atoms with E-state index in [-0.39, 0.29) is 12.0 Å². The van der Waals surface area contributed by atoms with E-state index in [2.05, 4.69) is 45.2 Å². The Bertz CT molecular complexity index is 1280. The van der Waals surface area contributed by atoms with Crippen molar-refractivity contribution < 1.29 is 9.53 Å². The van der Waals surface area contributed by atoms with Crippen LogP contribution in [0.5, 0.6) is 0 Å². The highest BCUT2D eigenvalue weighted by atomic mass is 16.5. The summed E-state index contributed by atoms with van der Waals surface area (Å²) in [5.41, 5.74) is 5.62. The van der Waals surface area contributed by atoms with Crippen LogP contribution >= 0.6 is 0 Å². The predicted octanol–water partition coefficient (Wildman–Crippen LogP) is 3.92. The number of nitriles is 1. The third-order valence-corrected chi connectivity index (χ3v) is 7.55. The number of benzene rings is 2. The number of hydrogen-bond acceptors (Lipinski definition) is 6. The summed E-state index contributed by atoms with van der Waals surface area (Å²) in [5.74, 6) is 0.0414. The molecule has 0 radical (unpaired) electrons. The summed E-state index contributed by atoms with van der Waals surface area (Å²) in [4.78, 5) is 19.8. The van der Waals surface area contributed by atoms with Gasteiger partial charge in [-0.1, -0.05) is 24.3 Å². The molecule has 2 aromatic carbocycles. The van der Waals surface area contributed by atoms with Crippen molar-refractivity contribution in [3.8, 4) is 6.07 Å². The molecule has 3 heterocycles. The van der Waals surface area contributed by atoms with Gasteiger partial charge in [-0.3, -0.25) is 14.4 Å². The van der Waals surface area contributed by atoms with E-state index in [9.17, 15) is 4.79 Å². The summed E-state index contributed by atoms with van der Waals surface area (Å²) in [6, 6.07) is 20.4. The summed E-state index contributed by atoms with van der Waals surface area (Å²) in [7, 11) is 1.82. The lowest BCUT2D eigenvalue weighted by atomic mass is 10.1. The Labute approximate surface area is 225 Å². The van der Waals surface area contributed by atoms with Crippen LogP contribution in [0.25, 0.3) is 0 Å². The molecule has 38 heavy (non-hydrogen) atoms. The quantitative estimate of drug-likeness (QED) is 0.455. The van der Waals surface area contributed by atoms with Gasteiger partial charge >= 0.3 is 0 Å². The van der Waals surface area contributed by atoms with Crippen LogP contribution in [0.15, 0.2) is 54.6 Å². The Balaban J connectivity index is 1.27. The number of carbonyl (C=O) groups is 1. The Morgan fingerprint density at radius 1 is 1.03 bits per heavy atom. The van der Waals surface area contributed by atoms with Crippen molar-refractivity contribution in [2.24, 2.45) is 7.05 Å². The summed E-state index contributed by atoms with van der Waals surface area (Å²) < 4.78 is 8.21. The molecule has 1 aromatic heterocycles. The lowest BCUT2D eigenvalue weighted by molar-refractivity contribution is 0.00333. The number of carbonyl (C=O) groups excluding carboxylic acids is 1. The van der Waals surface area contributed by atoms with Crippen molar-refractivity contribution in [1.82, 2.24) is 19.6 Å². The molecule has 2 aliphatic heterocycles. The van der Waals surface area contributed by atoms with Crippen LogP contribution in [-0.2, 0) is 18.4 Å². The van der Waals surface area contributed by atoms with Gasteiger partial charge in [0.15, 0.2) is 0 Å². The number of aromatic nitrogens is 2. The first-order chi connectivity index (χ1) is 18.5. The summed E-state index contributed by atoms with van der Waals surface area (Å²) >= 11 is 0. The second-order valence-corrected chi connectivity index (χ2v) is 10.3. The van der Waals surface area contributed by atoms with Crippen LogP contribution in [0.1, 0.15) is 51.8 Å². The van der Waals surface area contributed by atoms with Gasteiger partial charge in [0, 0.05) is 58.5 Å². The van der Waals surface area contributed by atoms with Gasteiger partial charge in [0.2, 0.25) is 0 Å². The van der Waals surface area contributed by atoms with Gasteiger partial charge in [-0.15, -0.1) is 0 Å². The average molecular weight is 513 g/mol. The van der Waals surface area contributed by atoms with E-state index in [0.717, 1.165) is 44.0 Å². The number of amides is 1. The second-order valence-electron chi connectivity index (χ2n) is 10.3. The fraction of sp³-hybridized carbons (Fsp3) is 0.433. The van der Waals surface area contributed by atoms with E-state index in [4.69, 9.17) is 10.00 Å². The lowest BCUT2D eigenvalue weighted by Gasteiger charge is -2.36. The molecule has 198 valence electrons. The highest BCUT2D eigenvalue weighted by Crippen LogP contribution is 2.28. The largest absolute Gasteiger partial charge is 0.372 e. The Kier molecular flexibility index (Phi) is 8.06. The molecule has 8 heteroatoms. The highest BCUT2D eigenvalue weighted by molar-refractivity contribution is 5.92. The molecule has 0 saturated carbocycles.